The summed E-state index contributed by atoms with van der Waals surface area (Å²) in [6, 6.07) is 8.16. The second-order valence-corrected chi connectivity index (χ2v) is 9.97. The van der Waals surface area contributed by atoms with Gasteiger partial charge in [-0.05, 0) is 49.3 Å². The Hall–Kier alpha value is -3.48. The van der Waals surface area contributed by atoms with E-state index in [4.69, 9.17) is 16.3 Å². The summed E-state index contributed by atoms with van der Waals surface area (Å²) in [4.78, 5) is 11.0. The molecule has 1 aromatic carbocycles. The van der Waals surface area contributed by atoms with Crippen molar-refractivity contribution in [2.24, 2.45) is 0 Å². The summed E-state index contributed by atoms with van der Waals surface area (Å²) in [5.41, 5.74) is 1.78. The molecule has 12 heteroatoms. The molecule has 3 fully saturated rings. The van der Waals surface area contributed by atoms with Crippen LogP contribution >= 0.6 is 11.6 Å². The van der Waals surface area contributed by atoms with E-state index in [0.29, 0.717) is 60.1 Å². The molecular formula is C24H24ClN9O2. The lowest BCUT2D eigenvalue weighted by Gasteiger charge is -2.48. The van der Waals surface area contributed by atoms with Crippen LogP contribution in [0, 0.1) is 22.7 Å². The number of hydrogen-bond donors (Lipinski definition) is 3. The number of rotatable bonds is 6. The Bertz CT molecular complexity index is 1410. The van der Waals surface area contributed by atoms with Gasteiger partial charge in [0.05, 0.1) is 41.8 Å². The summed E-state index contributed by atoms with van der Waals surface area (Å²) in [6.45, 7) is 2.10. The molecule has 3 aromatic rings. The highest BCUT2D eigenvalue weighted by molar-refractivity contribution is 6.34. The molecule has 1 aliphatic carbocycles. The van der Waals surface area contributed by atoms with Gasteiger partial charge in [0.1, 0.15) is 6.07 Å². The average Bonchev–Trinajstić information content (AvgIpc) is 3.59. The van der Waals surface area contributed by atoms with E-state index >= 15 is 0 Å². The second kappa shape index (κ2) is 8.87. The minimum atomic E-state index is -0.867. The normalized spacial score (nSPS) is 19.9. The molecule has 0 amide bonds. The monoisotopic (exact) mass is 505 g/mol. The number of likely N-dealkylation sites (tertiary alicyclic amines) is 1. The molecule has 184 valence electrons. The number of ether oxygens (including phenoxy) is 1. The molecule has 0 atom stereocenters. The molecule has 0 radical (unpaired) electrons. The van der Waals surface area contributed by atoms with E-state index in [1.54, 1.807) is 6.07 Å². The predicted octanol–water partition coefficient (Wildman–Crippen LogP) is 2.74. The quantitative estimate of drug-likeness (QED) is 0.456. The lowest BCUT2D eigenvalue weighted by Crippen LogP contribution is -2.63. The fraction of sp³-hybridized carbons (Fsp3) is 0.458. The van der Waals surface area contributed by atoms with Crippen LogP contribution in [0.2, 0.25) is 5.02 Å². The van der Waals surface area contributed by atoms with Crippen molar-refractivity contribution >= 4 is 34.7 Å². The fourth-order valence-electron chi connectivity index (χ4n) is 4.82. The van der Waals surface area contributed by atoms with Crippen molar-refractivity contribution in [2.45, 2.75) is 43.4 Å². The van der Waals surface area contributed by atoms with Crippen molar-refractivity contribution in [1.29, 1.82) is 10.5 Å². The Labute approximate surface area is 212 Å². The SMILES string of the molecule is N#Cc1cc(Nc2nc(NC3CC3)c3ncc(C#N)n3n2)c(Cl)c(C2CCN(C3(O)COC3)CC2)c1. The topological polar surface area (TPSA) is 147 Å². The lowest BCUT2D eigenvalue weighted by molar-refractivity contribution is -0.261. The highest BCUT2D eigenvalue weighted by atomic mass is 35.5. The Kier molecular flexibility index (Phi) is 5.66. The molecule has 3 N–H and O–H groups in total. The second-order valence-electron chi connectivity index (χ2n) is 9.59. The van der Waals surface area contributed by atoms with Gasteiger partial charge in [-0.25, -0.2) is 4.98 Å². The summed E-state index contributed by atoms with van der Waals surface area (Å²) in [5.74, 6) is 0.918. The summed E-state index contributed by atoms with van der Waals surface area (Å²) in [6.07, 6.45) is 5.16. The number of fused-ring (bicyclic) bond motifs is 1. The first-order chi connectivity index (χ1) is 17.5. The maximum atomic E-state index is 10.6. The Morgan fingerprint density at radius 1 is 1.14 bits per heavy atom. The summed E-state index contributed by atoms with van der Waals surface area (Å²) >= 11 is 6.88. The molecule has 11 nitrogen and oxygen atoms in total. The molecule has 2 aliphatic heterocycles. The number of imidazole rings is 1. The van der Waals surface area contributed by atoms with Crippen LogP contribution < -0.4 is 10.6 Å². The highest BCUT2D eigenvalue weighted by Crippen LogP contribution is 2.40. The number of anilines is 3. The van der Waals surface area contributed by atoms with Crippen LogP contribution in [0.25, 0.3) is 5.65 Å². The van der Waals surface area contributed by atoms with Gasteiger partial charge in [0.15, 0.2) is 22.9 Å². The van der Waals surface area contributed by atoms with E-state index in [1.807, 2.05) is 6.07 Å². The highest BCUT2D eigenvalue weighted by Gasteiger charge is 2.43. The van der Waals surface area contributed by atoms with Crippen LogP contribution in [-0.4, -0.2) is 67.7 Å². The zero-order chi connectivity index (χ0) is 24.9. The van der Waals surface area contributed by atoms with Gasteiger partial charge in [0.2, 0.25) is 5.95 Å². The number of benzene rings is 1. The maximum absolute atomic E-state index is 10.6. The van der Waals surface area contributed by atoms with Crippen molar-refractivity contribution in [3.05, 3.63) is 40.2 Å². The van der Waals surface area contributed by atoms with Gasteiger partial charge in [0.25, 0.3) is 0 Å². The molecule has 0 bridgehead atoms. The molecule has 2 aromatic heterocycles. The third kappa shape index (κ3) is 4.10. The smallest absolute Gasteiger partial charge is 0.247 e. The van der Waals surface area contributed by atoms with Gasteiger partial charge in [0, 0.05) is 19.1 Å². The van der Waals surface area contributed by atoms with Gasteiger partial charge < -0.3 is 20.5 Å². The summed E-state index contributed by atoms with van der Waals surface area (Å²) in [7, 11) is 0. The van der Waals surface area contributed by atoms with E-state index in [2.05, 4.69) is 42.7 Å². The van der Waals surface area contributed by atoms with Crippen LogP contribution in [0.3, 0.4) is 0 Å². The van der Waals surface area contributed by atoms with E-state index in [9.17, 15) is 15.6 Å². The van der Waals surface area contributed by atoms with Crippen molar-refractivity contribution in [3.63, 3.8) is 0 Å². The molecular weight excluding hydrogens is 482 g/mol. The van der Waals surface area contributed by atoms with Crippen LogP contribution in [0.4, 0.5) is 17.5 Å². The summed E-state index contributed by atoms with van der Waals surface area (Å²) < 4.78 is 6.65. The maximum Gasteiger partial charge on any atom is 0.247 e. The predicted molar refractivity (Wildman–Crippen MR) is 131 cm³/mol. The fourth-order valence-corrected chi connectivity index (χ4v) is 5.13. The van der Waals surface area contributed by atoms with Crippen LogP contribution in [-0.2, 0) is 4.74 Å². The zero-order valence-electron chi connectivity index (χ0n) is 19.4. The van der Waals surface area contributed by atoms with Crippen molar-refractivity contribution < 1.29 is 9.84 Å². The first-order valence-corrected chi connectivity index (χ1v) is 12.3. The summed E-state index contributed by atoms with van der Waals surface area (Å²) in [5, 5.41) is 41.3. The first-order valence-electron chi connectivity index (χ1n) is 12.0. The Morgan fingerprint density at radius 2 is 1.92 bits per heavy atom. The van der Waals surface area contributed by atoms with Gasteiger partial charge in [-0.1, -0.05) is 11.6 Å². The molecule has 36 heavy (non-hydrogen) atoms. The number of nitrogens with zero attached hydrogens (tertiary/aromatic N) is 7. The van der Waals surface area contributed by atoms with Gasteiger partial charge in [-0.15, -0.1) is 5.10 Å². The molecule has 3 aliphatic rings. The lowest BCUT2D eigenvalue weighted by atomic mass is 9.87. The zero-order valence-corrected chi connectivity index (χ0v) is 20.2. The number of nitriles is 2. The third-order valence-corrected chi connectivity index (χ3v) is 7.48. The standard InChI is InChI=1S/C24H24ClN9O2/c25-20-18(15-3-5-33(6-4-15)24(35)12-36-13-24)7-14(9-26)8-19(20)30-23-31-21(29-16-1-2-16)22-28-11-17(10-27)34(22)32-23/h7-8,11,15-16,35H,1-6,12-13H2,(H2,29,30,31,32). The number of halogens is 1. The van der Waals surface area contributed by atoms with E-state index in [0.717, 1.165) is 31.2 Å². The van der Waals surface area contributed by atoms with Crippen molar-refractivity contribution in [3.8, 4) is 12.1 Å². The average molecular weight is 506 g/mol. The molecule has 6 rings (SSSR count). The minimum absolute atomic E-state index is 0.140. The number of hydrogen-bond acceptors (Lipinski definition) is 10. The van der Waals surface area contributed by atoms with Gasteiger partial charge >= 0.3 is 0 Å². The number of piperidine rings is 1. The third-order valence-electron chi connectivity index (χ3n) is 7.06. The molecule has 2 saturated heterocycles. The largest absolute Gasteiger partial charge is 0.372 e. The van der Waals surface area contributed by atoms with Crippen LogP contribution in [0.15, 0.2) is 18.3 Å². The van der Waals surface area contributed by atoms with E-state index in [1.165, 1.54) is 10.7 Å². The van der Waals surface area contributed by atoms with Gasteiger partial charge in [-0.2, -0.15) is 20.0 Å². The van der Waals surface area contributed by atoms with Crippen LogP contribution in [0.5, 0.6) is 0 Å². The molecule has 0 unspecified atom stereocenters. The van der Waals surface area contributed by atoms with Gasteiger partial charge in [-0.3, -0.25) is 4.90 Å². The Morgan fingerprint density at radius 3 is 2.56 bits per heavy atom. The number of aromatic nitrogens is 4. The number of aliphatic hydroxyl groups is 1. The molecule has 1 saturated carbocycles. The Balaban J connectivity index is 1.30. The molecule has 4 heterocycles. The number of nitrogens with one attached hydrogen (secondary N) is 2. The minimum Gasteiger partial charge on any atom is -0.372 e. The van der Waals surface area contributed by atoms with Crippen molar-refractivity contribution in [2.75, 3.05) is 36.9 Å². The first kappa shape index (κ1) is 23.0. The van der Waals surface area contributed by atoms with E-state index < -0.39 is 5.72 Å². The molecule has 0 spiro atoms. The van der Waals surface area contributed by atoms with E-state index in [-0.39, 0.29) is 17.6 Å². The van der Waals surface area contributed by atoms with Crippen LogP contribution in [0.1, 0.15) is 48.4 Å². The van der Waals surface area contributed by atoms with Crippen molar-refractivity contribution in [1.82, 2.24) is 24.5 Å².